The van der Waals surface area contributed by atoms with E-state index in [-0.39, 0.29) is 0 Å². The smallest absolute Gasteiger partial charge is 0.227 e. The maximum absolute atomic E-state index is 6.22. The van der Waals surface area contributed by atoms with E-state index in [0.29, 0.717) is 5.89 Å². The lowest BCUT2D eigenvalue weighted by Gasteiger charge is -2.26. The van der Waals surface area contributed by atoms with Crippen LogP contribution < -0.4 is 4.90 Å². The van der Waals surface area contributed by atoms with Crippen LogP contribution in [0.5, 0.6) is 0 Å². The first-order valence-electron chi connectivity index (χ1n) is 18.0. The maximum Gasteiger partial charge on any atom is 0.227 e. The van der Waals surface area contributed by atoms with Gasteiger partial charge < -0.3 is 13.7 Å². The summed E-state index contributed by atoms with van der Waals surface area (Å²) in [5.74, 6) is 0.611. The van der Waals surface area contributed by atoms with Gasteiger partial charge in [0.2, 0.25) is 5.89 Å². The number of rotatable bonds is 6. The normalized spacial score (nSPS) is 11.7. The minimum absolute atomic E-state index is 0.611. The molecule has 254 valence electrons. The van der Waals surface area contributed by atoms with E-state index in [0.717, 1.165) is 66.8 Å². The molecule has 3 aromatic heterocycles. The highest BCUT2D eigenvalue weighted by atomic mass is 32.1. The number of oxazole rings is 1. The van der Waals surface area contributed by atoms with Crippen LogP contribution in [0.1, 0.15) is 0 Å². The van der Waals surface area contributed by atoms with Gasteiger partial charge >= 0.3 is 0 Å². The van der Waals surface area contributed by atoms with E-state index in [1.807, 2.05) is 47.7 Å². The van der Waals surface area contributed by atoms with Crippen LogP contribution in [0.2, 0.25) is 0 Å². The lowest BCUT2D eigenvalue weighted by Crippen LogP contribution is -2.09. The average molecular weight is 711 g/mol. The van der Waals surface area contributed by atoms with Crippen molar-refractivity contribution in [1.82, 2.24) is 4.98 Å². The molecule has 0 aliphatic heterocycles. The first kappa shape index (κ1) is 30.7. The van der Waals surface area contributed by atoms with Crippen LogP contribution in [-0.4, -0.2) is 4.98 Å². The van der Waals surface area contributed by atoms with Gasteiger partial charge in [-0.15, -0.1) is 11.3 Å². The second-order valence-electron chi connectivity index (χ2n) is 13.6. The Morgan fingerprint density at radius 2 is 1.07 bits per heavy atom. The van der Waals surface area contributed by atoms with Crippen molar-refractivity contribution in [2.75, 3.05) is 4.90 Å². The van der Waals surface area contributed by atoms with Gasteiger partial charge in [-0.2, -0.15) is 0 Å². The summed E-state index contributed by atoms with van der Waals surface area (Å²) in [7, 11) is 0. The largest absolute Gasteiger partial charge is 0.456 e. The second-order valence-corrected chi connectivity index (χ2v) is 14.7. The number of nitrogens with zero attached hydrogens (tertiary/aromatic N) is 2. The van der Waals surface area contributed by atoms with Gasteiger partial charge in [0, 0.05) is 43.0 Å². The molecule has 0 saturated carbocycles. The number of hydrogen-bond acceptors (Lipinski definition) is 5. The molecule has 8 aromatic carbocycles. The molecule has 0 spiro atoms. The number of fused-ring (bicyclic) bond motifs is 6. The standard InChI is InChI=1S/C49H30N2O2S/c1-6-12-47-35(7-1)30-48(54-47)36-14-13-32-17-25-40(28-37(32)27-36)51(39-23-18-33(19-24-39)49-50-43-9-3-5-11-45(43)53-49)38-21-15-31(16-22-38)34-20-26-42-41-8-2-4-10-44(41)52-46(42)29-34/h1-30H. The van der Waals surface area contributed by atoms with Crippen molar-refractivity contribution in [2.24, 2.45) is 0 Å². The number of hydrogen-bond donors (Lipinski definition) is 0. The second kappa shape index (κ2) is 12.3. The molecular weight excluding hydrogens is 681 g/mol. The van der Waals surface area contributed by atoms with Gasteiger partial charge in [-0.3, -0.25) is 0 Å². The summed E-state index contributed by atoms with van der Waals surface area (Å²) in [5, 5.41) is 5.93. The van der Waals surface area contributed by atoms with E-state index in [4.69, 9.17) is 13.8 Å². The molecule has 0 bridgehead atoms. The predicted octanol–water partition coefficient (Wildman–Crippen LogP) is 14.6. The monoisotopic (exact) mass is 710 g/mol. The van der Waals surface area contributed by atoms with E-state index in [1.54, 1.807) is 0 Å². The molecule has 0 aliphatic rings. The Labute approximate surface area is 314 Å². The highest BCUT2D eigenvalue weighted by Crippen LogP contribution is 2.40. The van der Waals surface area contributed by atoms with Gasteiger partial charge in [0.15, 0.2) is 5.58 Å². The summed E-state index contributed by atoms with van der Waals surface area (Å²) >= 11 is 1.84. The molecule has 3 heterocycles. The molecule has 0 unspecified atom stereocenters. The van der Waals surface area contributed by atoms with E-state index < -0.39 is 0 Å². The van der Waals surface area contributed by atoms with Crippen LogP contribution in [0.25, 0.3) is 86.9 Å². The summed E-state index contributed by atoms with van der Waals surface area (Å²) in [5.41, 5.74) is 11.0. The SMILES string of the molecule is c1ccc2sc(-c3ccc4ccc(N(c5ccc(-c6ccc7c(c6)oc6ccccc67)cc5)c5ccc(-c6nc7ccccc7o6)cc5)cc4c3)cc2c1. The van der Waals surface area contributed by atoms with Crippen molar-refractivity contribution in [1.29, 1.82) is 0 Å². The minimum atomic E-state index is 0.611. The van der Waals surface area contributed by atoms with Crippen LogP contribution in [0.3, 0.4) is 0 Å². The summed E-state index contributed by atoms with van der Waals surface area (Å²) in [4.78, 5) is 8.32. The van der Waals surface area contributed by atoms with Crippen LogP contribution >= 0.6 is 11.3 Å². The number of benzene rings is 8. The zero-order chi connectivity index (χ0) is 35.6. The Kier molecular flexibility index (Phi) is 7.00. The first-order chi connectivity index (χ1) is 26.7. The van der Waals surface area contributed by atoms with Crippen molar-refractivity contribution < 1.29 is 8.83 Å². The van der Waals surface area contributed by atoms with Crippen LogP contribution in [0, 0.1) is 0 Å². The number of para-hydroxylation sites is 3. The highest BCUT2D eigenvalue weighted by Gasteiger charge is 2.16. The Bertz CT molecular complexity index is 3100. The topological polar surface area (TPSA) is 42.4 Å². The molecule has 11 rings (SSSR count). The number of furan rings is 1. The van der Waals surface area contributed by atoms with Crippen molar-refractivity contribution in [2.45, 2.75) is 0 Å². The number of anilines is 3. The zero-order valence-corrected chi connectivity index (χ0v) is 29.8. The Morgan fingerprint density at radius 1 is 0.407 bits per heavy atom. The Balaban J connectivity index is 0.997. The molecule has 0 fully saturated rings. The van der Waals surface area contributed by atoms with E-state index in [2.05, 4.69) is 150 Å². The third-order valence-corrected chi connectivity index (χ3v) is 11.5. The fraction of sp³-hybridized carbons (Fsp3) is 0. The minimum Gasteiger partial charge on any atom is -0.456 e. The molecule has 0 atom stereocenters. The van der Waals surface area contributed by atoms with E-state index in [9.17, 15) is 0 Å². The zero-order valence-electron chi connectivity index (χ0n) is 28.9. The van der Waals surface area contributed by atoms with Gasteiger partial charge in [-0.25, -0.2) is 4.98 Å². The van der Waals surface area contributed by atoms with Crippen molar-refractivity contribution in [3.8, 4) is 33.0 Å². The highest BCUT2D eigenvalue weighted by molar-refractivity contribution is 7.22. The van der Waals surface area contributed by atoms with Gasteiger partial charge in [-0.1, -0.05) is 84.9 Å². The van der Waals surface area contributed by atoms with E-state index in [1.165, 1.54) is 31.3 Å². The fourth-order valence-electron chi connectivity index (χ4n) is 7.56. The quantitative estimate of drug-likeness (QED) is 0.172. The van der Waals surface area contributed by atoms with Crippen molar-refractivity contribution >= 4 is 82.3 Å². The first-order valence-corrected chi connectivity index (χ1v) is 18.8. The lowest BCUT2D eigenvalue weighted by molar-refractivity contribution is 0.620. The third kappa shape index (κ3) is 5.25. The summed E-state index contributed by atoms with van der Waals surface area (Å²) in [6, 6.07) is 64.2. The molecule has 54 heavy (non-hydrogen) atoms. The summed E-state index contributed by atoms with van der Waals surface area (Å²) < 4.78 is 13.6. The fourth-order valence-corrected chi connectivity index (χ4v) is 8.61. The molecule has 0 aliphatic carbocycles. The number of aromatic nitrogens is 1. The third-order valence-electron chi connectivity index (χ3n) is 10.3. The van der Waals surface area contributed by atoms with Crippen LogP contribution in [-0.2, 0) is 0 Å². The maximum atomic E-state index is 6.22. The predicted molar refractivity (Wildman–Crippen MR) is 225 cm³/mol. The van der Waals surface area contributed by atoms with Crippen molar-refractivity contribution in [3.05, 3.63) is 182 Å². The van der Waals surface area contributed by atoms with Gasteiger partial charge in [0.05, 0.1) is 0 Å². The Hall–Kier alpha value is -6.95. The molecule has 0 N–H and O–H groups in total. The molecule has 0 amide bonds. The summed E-state index contributed by atoms with van der Waals surface area (Å²) in [6.45, 7) is 0. The van der Waals surface area contributed by atoms with Crippen molar-refractivity contribution in [3.63, 3.8) is 0 Å². The van der Waals surface area contributed by atoms with Crippen LogP contribution in [0.4, 0.5) is 17.1 Å². The molecular formula is C49H30N2O2S. The van der Waals surface area contributed by atoms with Crippen LogP contribution in [0.15, 0.2) is 191 Å². The molecule has 4 nitrogen and oxygen atoms in total. The molecule has 5 heteroatoms. The molecule has 0 saturated heterocycles. The molecule has 11 aromatic rings. The number of thiophene rings is 1. The van der Waals surface area contributed by atoms with Gasteiger partial charge in [0.1, 0.15) is 16.7 Å². The average Bonchev–Trinajstić information content (AvgIpc) is 3.96. The van der Waals surface area contributed by atoms with Gasteiger partial charge in [0.25, 0.3) is 0 Å². The lowest BCUT2D eigenvalue weighted by atomic mass is 10.0. The molecule has 0 radical (unpaired) electrons. The summed E-state index contributed by atoms with van der Waals surface area (Å²) in [6.07, 6.45) is 0. The van der Waals surface area contributed by atoms with Gasteiger partial charge in [-0.05, 0) is 130 Å². The Morgan fingerprint density at radius 3 is 1.91 bits per heavy atom. The van der Waals surface area contributed by atoms with E-state index >= 15 is 0 Å².